The molecule has 2 aliphatic rings. The number of hydrogen-bond acceptors (Lipinski definition) is 3. The Morgan fingerprint density at radius 1 is 1.28 bits per heavy atom. The van der Waals surface area contributed by atoms with Gasteiger partial charge in [0.15, 0.2) is 0 Å². The molecule has 0 aromatic heterocycles. The lowest BCUT2D eigenvalue weighted by Crippen LogP contribution is -2.54. The van der Waals surface area contributed by atoms with Crippen molar-refractivity contribution in [1.82, 2.24) is 10.2 Å². The molecule has 134 valence electrons. The van der Waals surface area contributed by atoms with Gasteiger partial charge in [-0.25, -0.2) is 4.79 Å². The first-order valence-electron chi connectivity index (χ1n) is 8.22. The van der Waals surface area contributed by atoms with E-state index in [1.807, 2.05) is 6.92 Å². The zero-order valence-electron chi connectivity index (χ0n) is 13.8. The number of imide groups is 1. The van der Waals surface area contributed by atoms with Gasteiger partial charge in [0.2, 0.25) is 5.91 Å². The largest absolute Gasteiger partial charge is 0.325 e. The molecule has 4 amide bonds. The van der Waals surface area contributed by atoms with E-state index in [1.54, 1.807) is 18.2 Å². The third-order valence-electron chi connectivity index (χ3n) is 4.95. The van der Waals surface area contributed by atoms with Crippen molar-refractivity contribution in [1.29, 1.82) is 0 Å². The van der Waals surface area contributed by atoms with Crippen LogP contribution in [0.3, 0.4) is 0 Å². The summed E-state index contributed by atoms with van der Waals surface area (Å²) in [6.45, 7) is 1.62. The lowest BCUT2D eigenvalue weighted by atomic mass is 9.73. The number of urea groups is 1. The third kappa shape index (κ3) is 3.46. The molecule has 25 heavy (non-hydrogen) atoms. The van der Waals surface area contributed by atoms with Gasteiger partial charge in [0.05, 0.1) is 0 Å². The van der Waals surface area contributed by atoms with Crippen molar-refractivity contribution in [2.75, 3.05) is 11.9 Å². The predicted octanol–water partition coefficient (Wildman–Crippen LogP) is 3.43. The number of nitrogens with one attached hydrogen (secondary N) is 2. The SMILES string of the molecule is CC1CCCCC12NC(=O)N(CC(=O)Nc1cc(Cl)cc(Cl)c1)C2=O. The Bertz CT molecular complexity index is 720. The van der Waals surface area contributed by atoms with E-state index in [4.69, 9.17) is 23.2 Å². The van der Waals surface area contributed by atoms with Crippen molar-refractivity contribution >= 4 is 46.7 Å². The summed E-state index contributed by atoms with van der Waals surface area (Å²) in [5.41, 5.74) is -0.454. The molecule has 3 rings (SSSR count). The molecule has 6 nitrogen and oxygen atoms in total. The molecule has 2 unspecified atom stereocenters. The van der Waals surface area contributed by atoms with Crippen LogP contribution in [0.2, 0.25) is 10.0 Å². The van der Waals surface area contributed by atoms with E-state index in [0.717, 1.165) is 24.2 Å². The minimum Gasteiger partial charge on any atom is -0.324 e. The van der Waals surface area contributed by atoms with Gasteiger partial charge in [0, 0.05) is 15.7 Å². The number of benzene rings is 1. The van der Waals surface area contributed by atoms with Crippen LogP contribution in [-0.4, -0.2) is 34.8 Å². The van der Waals surface area contributed by atoms with Crippen LogP contribution in [0, 0.1) is 5.92 Å². The van der Waals surface area contributed by atoms with Gasteiger partial charge in [0.25, 0.3) is 5.91 Å². The molecule has 8 heteroatoms. The molecular weight excluding hydrogens is 365 g/mol. The summed E-state index contributed by atoms with van der Waals surface area (Å²) in [7, 11) is 0. The van der Waals surface area contributed by atoms with E-state index in [1.165, 1.54) is 0 Å². The van der Waals surface area contributed by atoms with Gasteiger partial charge < -0.3 is 10.6 Å². The summed E-state index contributed by atoms with van der Waals surface area (Å²) in [6, 6.07) is 4.12. The third-order valence-corrected chi connectivity index (χ3v) is 5.39. The van der Waals surface area contributed by atoms with Crippen molar-refractivity contribution in [2.45, 2.75) is 38.1 Å². The number of carbonyl (C=O) groups is 3. The molecule has 1 spiro atoms. The average molecular weight is 384 g/mol. The van der Waals surface area contributed by atoms with Crippen molar-refractivity contribution in [3.8, 4) is 0 Å². The number of anilines is 1. The highest BCUT2D eigenvalue weighted by molar-refractivity contribution is 6.35. The fraction of sp³-hybridized carbons (Fsp3) is 0.471. The highest BCUT2D eigenvalue weighted by Gasteiger charge is 2.55. The summed E-state index contributed by atoms with van der Waals surface area (Å²) >= 11 is 11.8. The predicted molar refractivity (Wildman–Crippen MR) is 95.7 cm³/mol. The van der Waals surface area contributed by atoms with Crippen LogP contribution in [0.1, 0.15) is 32.6 Å². The summed E-state index contributed by atoms with van der Waals surface area (Å²) in [5, 5.41) is 6.20. The molecule has 2 fully saturated rings. The van der Waals surface area contributed by atoms with E-state index < -0.39 is 17.5 Å². The van der Waals surface area contributed by atoms with Crippen molar-refractivity contribution < 1.29 is 14.4 Å². The van der Waals surface area contributed by atoms with E-state index >= 15 is 0 Å². The van der Waals surface area contributed by atoms with Crippen LogP contribution >= 0.6 is 23.2 Å². The molecule has 0 bridgehead atoms. The van der Waals surface area contributed by atoms with Crippen LogP contribution in [0.4, 0.5) is 10.5 Å². The molecular formula is C17H19Cl2N3O3. The number of nitrogens with zero attached hydrogens (tertiary/aromatic N) is 1. The molecule has 1 aliphatic carbocycles. The fourth-order valence-electron chi connectivity index (χ4n) is 3.61. The van der Waals surface area contributed by atoms with E-state index in [2.05, 4.69) is 10.6 Å². The zero-order chi connectivity index (χ0) is 18.2. The maximum atomic E-state index is 12.8. The topological polar surface area (TPSA) is 78.5 Å². The molecule has 0 radical (unpaired) electrons. The lowest BCUT2D eigenvalue weighted by Gasteiger charge is -2.36. The number of amides is 4. The number of carbonyl (C=O) groups excluding carboxylic acids is 3. The molecule has 1 aliphatic heterocycles. The number of rotatable bonds is 3. The van der Waals surface area contributed by atoms with Crippen molar-refractivity contribution in [3.05, 3.63) is 28.2 Å². The minimum atomic E-state index is -0.866. The molecule has 1 aromatic rings. The Kier molecular flexibility index (Phi) is 4.93. The fourth-order valence-corrected chi connectivity index (χ4v) is 4.14. The van der Waals surface area contributed by atoms with E-state index in [0.29, 0.717) is 22.2 Å². The van der Waals surface area contributed by atoms with Crippen molar-refractivity contribution in [2.24, 2.45) is 5.92 Å². The van der Waals surface area contributed by atoms with Gasteiger partial charge in [0.1, 0.15) is 12.1 Å². The Morgan fingerprint density at radius 3 is 2.60 bits per heavy atom. The van der Waals surface area contributed by atoms with Gasteiger partial charge in [-0.15, -0.1) is 0 Å². The Hall–Kier alpha value is -1.79. The molecule has 1 saturated carbocycles. The number of hydrogen-bond donors (Lipinski definition) is 2. The molecule has 2 N–H and O–H groups in total. The standard InChI is InChI=1S/C17H19Cl2N3O3/c1-10-4-2-3-5-17(10)15(24)22(16(25)21-17)9-14(23)20-13-7-11(18)6-12(19)8-13/h6-8,10H,2-5,9H2,1H3,(H,20,23)(H,21,25). The summed E-state index contributed by atoms with van der Waals surface area (Å²) in [6.07, 6.45) is 3.42. The average Bonchev–Trinajstić information content (AvgIpc) is 2.74. The van der Waals surface area contributed by atoms with Gasteiger partial charge in [-0.05, 0) is 37.0 Å². The maximum absolute atomic E-state index is 12.8. The maximum Gasteiger partial charge on any atom is 0.325 e. The second-order valence-corrected chi connectivity index (χ2v) is 7.52. The Balaban J connectivity index is 1.71. The van der Waals surface area contributed by atoms with Crippen LogP contribution in [0.5, 0.6) is 0 Å². The minimum absolute atomic E-state index is 0.0532. The van der Waals surface area contributed by atoms with Gasteiger partial charge in [-0.3, -0.25) is 14.5 Å². The molecule has 1 saturated heterocycles. The van der Waals surface area contributed by atoms with E-state index in [-0.39, 0.29) is 18.4 Å². The van der Waals surface area contributed by atoms with Crippen LogP contribution in [0.15, 0.2) is 18.2 Å². The second kappa shape index (κ2) is 6.84. The Labute approximate surface area is 155 Å². The molecule has 1 aromatic carbocycles. The smallest absolute Gasteiger partial charge is 0.324 e. The molecule has 2 atom stereocenters. The summed E-state index contributed by atoms with van der Waals surface area (Å²) in [4.78, 5) is 38.3. The first kappa shape index (κ1) is 18.0. The highest BCUT2D eigenvalue weighted by Crippen LogP contribution is 2.38. The van der Waals surface area contributed by atoms with Crippen LogP contribution in [-0.2, 0) is 9.59 Å². The van der Waals surface area contributed by atoms with Crippen LogP contribution in [0.25, 0.3) is 0 Å². The lowest BCUT2D eigenvalue weighted by molar-refractivity contribution is -0.136. The second-order valence-electron chi connectivity index (χ2n) is 6.65. The Morgan fingerprint density at radius 2 is 1.96 bits per heavy atom. The summed E-state index contributed by atoms with van der Waals surface area (Å²) in [5.74, 6) is -0.746. The van der Waals surface area contributed by atoms with Gasteiger partial charge in [-0.2, -0.15) is 0 Å². The van der Waals surface area contributed by atoms with Crippen LogP contribution < -0.4 is 10.6 Å². The van der Waals surface area contributed by atoms with Gasteiger partial charge in [-0.1, -0.05) is 43.0 Å². The first-order chi connectivity index (χ1) is 11.8. The summed E-state index contributed by atoms with van der Waals surface area (Å²) < 4.78 is 0. The van der Waals surface area contributed by atoms with Gasteiger partial charge >= 0.3 is 6.03 Å². The highest BCUT2D eigenvalue weighted by atomic mass is 35.5. The first-order valence-corrected chi connectivity index (χ1v) is 8.97. The van der Waals surface area contributed by atoms with Crippen molar-refractivity contribution in [3.63, 3.8) is 0 Å². The quantitative estimate of drug-likeness (QED) is 0.784. The normalized spacial score (nSPS) is 26.0. The zero-order valence-corrected chi connectivity index (χ0v) is 15.3. The molecule has 1 heterocycles. The monoisotopic (exact) mass is 383 g/mol. The number of halogens is 2. The van der Waals surface area contributed by atoms with E-state index in [9.17, 15) is 14.4 Å².